The number of benzene rings is 1. The number of nitrogens with two attached hydrogens (primary N) is 2. The van der Waals surface area contributed by atoms with Crippen LogP contribution in [0.1, 0.15) is 28.8 Å². The molecular formula is C22H20F3N7O. The molecule has 170 valence electrons. The molecule has 4 aromatic rings. The topological polar surface area (TPSA) is 136 Å². The number of aromatic nitrogens is 4. The molecule has 0 spiro atoms. The van der Waals surface area contributed by atoms with E-state index >= 15 is 0 Å². The third-order valence-electron chi connectivity index (χ3n) is 5.96. The number of carbonyl (C=O) groups excluding carboxylic acids is 1. The maximum Gasteiger partial charge on any atom is 0.408 e. The first-order valence-electron chi connectivity index (χ1n) is 10.3. The summed E-state index contributed by atoms with van der Waals surface area (Å²) < 4.78 is 41.1. The summed E-state index contributed by atoms with van der Waals surface area (Å²) in [7, 11) is 0. The van der Waals surface area contributed by atoms with Gasteiger partial charge in [0.15, 0.2) is 0 Å². The van der Waals surface area contributed by atoms with Gasteiger partial charge in [0.2, 0.25) is 5.95 Å². The third-order valence-corrected chi connectivity index (χ3v) is 5.96. The summed E-state index contributed by atoms with van der Waals surface area (Å²) >= 11 is 0. The first kappa shape index (κ1) is 21.0. The average Bonchev–Trinajstić information content (AvgIpc) is 3.51. The minimum absolute atomic E-state index is 0.0541. The predicted octanol–water partition coefficient (Wildman–Crippen LogP) is 3.92. The highest BCUT2D eigenvalue weighted by Gasteiger charge is 2.49. The van der Waals surface area contributed by atoms with Gasteiger partial charge in [-0.15, -0.1) is 0 Å². The van der Waals surface area contributed by atoms with Crippen LogP contribution < -0.4 is 16.8 Å². The highest BCUT2D eigenvalue weighted by Crippen LogP contribution is 2.43. The smallest absolute Gasteiger partial charge is 0.368 e. The molecule has 1 aromatic carbocycles. The molecule has 0 bridgehead atoms. The van der Waals surface area contributed by atoms with Gasteiger partial charge in [-0.3, -0.25) is 4.79 Å². The zero-order valence-corrected chi connectivity index (χ0v) is 17.5. The van der Waals surface area contributed by atoms with Gasteiger partial charge in [-0.25, -0.2) is 15.0 Å². The van der Waals surface area contributed by atoms with Crippen molar-refractivity contribution in [3.63, 3.8) is 0 Å². The standard InChI is InChI=1S/C22H20F3N7O/c1-9-4-13-15(5-12(9)11-6-29-21(27)30-7-11)31-17-14(19(26)33)8-28-20(16(13)17)32-18(10-2-3-10)22(23,24)25/h4-8,10,18,31H,2-3H2,1H3,(H2,26,33)(H,28,32)(H2,27,29,30). The van der Waals surface area contributed by atoms with Gasteiger partial charge in [0.05, 0.1) is 16.5 Å². The zero-order chi connectivity index (χ0) is 23.5. The number of pyridine rings is 1. The lowest BCUT2D eigenvalue weighted by Gasteiger charge is -2.22. The summed E-state index contributed by atoms with van der Waals surface area (Å²) in [4.78, 5) is 27.4. The quantitative estimate of drug-likeness (QED) is 0.360. The number of aryl methyl sites for hydroxylation is 1. The van der Waals surface area contributed by atoms with Crippen LogP contribution in [0.2, 0.25) is 0 Å². The van der Waals surface area contributed by atoms with Crippen LogP contribution in [-0.4, -0.2) is 38.1 Å². The van der Waals surface area contributed by atoms with Gasteiger partial charge in [0, 0.05) is 35.1 Å². The summed E-state index contributed by atoms with van der Waals surface area (Å²) in [5.74, 6) is -1.03. The first-order chi connectivity index (χ1) is 15.6. The molecule has 11 heteroatoms. The van der Waals surface area contributed by atoms with Crippen molar-refractivity contribution in [3.8, 4) is 11.1 Å². The van der Waals surface area contributed by atoms with Crippen molar-refractivity contribution in [1.29, 1.82) is 0 Å². The number of anilines is 2. The number of hydrogen-bond acceptors (Lipinski definition) is 6. The molecule has 6 N–H and O–H groups in total. The summed E-state index contributed by atoms with van der Waals surface area (Å²) in [5, 5.41) is 3.61. The van der Waals surface area contributed by atoms with Crippen molar-refractivity contribution >= 4 is 39.5 Å². The van der Waals surface area contributed by atoms with Crippen LogP contribution in [0.5, 0.6) is 0 Å². The van der Waals surface area contributed by atoms with Gasteiger partial charge < -0.3 is 21.8 Å². The maximum absolute atomic E-state index is 13.7. The van der Waals surface area contributed by atoms with Gasteiger partial charge in [-0.05, 0) is 48.9 Å². The molecule has 1 unspecified atom stereocenters. The van der Waals surface area contributed by atoms with E-state index in [-0.39, 0.29) is 17.3 Å². The number of hydrogen-bond donors (Lipinski definition) is 4. The molecule has 33 heavy (non-hydrogen) atoms. The van der Waals surface area contributed by atoms with E-state index in [9.17, 15) is 18.0 Å². The van der Waals surface area contributed by atoms with Crippen LogP contribution in [-0.2, 0) is 0 Å². The second-order valence-corrected chi connectivity index (χ2v) is 8.30. The molecule has 0 aliphatic heterocycles. The summed E-state index contributed by atoms with van der Waals surface area (Å²) in [5.41, 5.74) is 14.5. The van der Waals surface area contributed by atoms with E-state index in [1.54, 1.807) is 12.4 Å². The van der Waals surface area contributed by atoms with Crippen LogP contribution in [0.3, 0.4) is 0 Å². The second-order valence-electron chi connectivity index (χ2n) is 8.30. The van der Waals surface area contributed by atoms with Crippen LogP contribution in [0, 0.1) is 12.8 Å². The van der Waals surface area contributed by atoms with Crippen molar-refractivity contribution in [2.75, 3.05) is 11.1 Å². The largest absolute Gasteiger partial charge is 0.408 e. The number of amides is 1. The zero-order valence-electron chi connectivity index (χ0n) is 17.5. The second kappa shape index (κ2) is 7.32. The lowest BCUT2D eigenvalue weighted by Crippen LogP contribution is -2.38. The van der Waals surface area contributed by atoms with Crippen molar-refractivity contribution in [3.05, 3.63) is 41.9 Å². The fourth-order valence-corrected chi connectivity index (χ4v) is 4.18. The van der Waals surface area contributed by atoms with Gasteiger partial charge in [0.1, 0.15) is 11.9 Å². The molecule has 3 heterocycles. The van der Waals surface area contributed by atoms with E-state index in [1.165, 1.54) is 6.20 Å². The molecule has 0 saturated heterocycles. The number of halogens is 3. The molecule has 5 rings (SSSR count). The molecule has 1 saturated carbocycles. The molecule has 1 amide bonds. The fraction of sp³-hybridized carbons (Fsp3) is 0.273. The summed E-state index contributed by atoms with van der Waals surface area (Å²) in [6.07, 6.45) is 0.948. The minimum atomic E-state index is -4.43. The Kier molecular flexibility index (Phi) is 4.66. The Morgan fingerprint density at radius 3 is 2.48 bits per heavy atom. The van der Waals surface area contributed by atoms with E-state index < -0.39 is 24.0 Å². The number of nitrogens with one attached hydrogen (secondary N) is 2. The molecular weight excluding hydrogens is 435 g/mol. The van der Waals surface area contributed by atoms with Crippen molar-refractivity contribution < 1.29 is 18.0 Å². The Bertz CT molecular complexity index is 1390. The van der Waals surface area contributed by atoms with Crippen molar-refractivity contribution in [1.82, 2.24) is 19.9 Å². The van der Waals surface area contributed by atoms with Crippen LogP contribution >= 0.6 is 0 Å². The van der Waals surface area contributed by atoms with Crippen LogP contribution in [0.25, 0.3) is 32.9 Å². The number of aromatic amines is 1. The highest BCUT2D eigenvalue weighted by atomic mass is 19.4. The van der Waals surface area contributed by atoms with E-state index in [4.69, 9.17) is 11.5 Å². The number of H-pyrrole nitrogens is 1. The SMILES string of the molecule is Cc1cc2c(cc1-c1cnc(N)nc1)[nH]c1c(C(N)=O)cnc(NC(C3CC3)C(F)(F)F)c12. The number of nitrogen functional groups attached to an aromatic ring is 1. The Balaban J connectivity index is 1.72. The summed E-state index contributed by atoms with van der Waals surface area (Å²) in [6, 6.07) is 1.94. The number of carbonyl (C=O) groups is 1. The van der Waals surface area contributed by atoms with Gasteiger partial charge in [-0.1, -0.05) is 0 Å². The first-order valence-corrected chi connectivity index (χ1v) is 10.3. The maximum atomic E-state index is 13.7. The molecule has 1 fully saturated rings. The van der Waals surface area contributed by atoms with Gasteiger partial charge in [0.25, 0.3) is 5.91 Å². The van der Waals surface area contributed by atoms with E-state index in [0.29, 0.717) is 34.6 Å². The van der Waals surface area contributed by atoms with E-state index in [0.717, 1.165) is 16.7 Å². The Labute approximate surface area is 185 Å². The average molecular weight is 455 g/mol. The Morgan fingerprint density at radius 2 is 1.88 bits per heavy atom. The number of primary amides is 1. The molecule has 0 radical (unpaired) electrons. The molecule has 3 aromatic heterocycles. The number of rotatable bonds is 5. The number of nitrogens with zero attached hydrogens (tertiary/aromatic N) is 3. The summed E-state index contributed by atoms with van der Waals surface area (Å²) in [6.45, 7) is 1.87. The fourth-order valence-electron chi connectivity index (χ4n) is 4.18. The van der Waals surface area contributed by atoms with Crippen LogP contribution in [0.15, 0.2) is 30.7 Å². The number of alkyl halides is 3. The lowest BCUT2D eigenvalue weighted by atomic mass is 10.00. The lowest BCUT2D eigenvalue weighted by molar-refractivity contribution is -0.146. The van der Waals surface area contributed by atoms with Crippen LogP contribution in [0.4, 0.5) is 24.9 Å². The highest BCUT2D eigenvalue weighted by molar-refractivity contribution is 6.18. The van der Waals surface area contributed by atoms with Gasteiger partial charge >= 0.3 is 6.18 Å². The van der Waals surface area contributed by atoms with E-state index in [2.05, 4.69) is 25.3 Å². The monoisotopic (exact) mass is 455 g/mol. The normalized spacial score (nSPS) is 15.2. The minimum Gasteiger partial charge on any atom is -0.368 e. The van der Waals surface area contributed by atoms with Gasteiger partial charge in [-0.2, -0.15) is 13.2 Å². The molecule has 8 nitrogen and oxygen atoms in total. The molecule has 1 atom stereocenters. The van der Waals surface area contributed by atoms with Crippen molar-refractivity contribution in [2.24, 2.45) is 11.7 Å². The Morgan fingerprint density at radius 1 is 1.18 bits per heavy atom. The predicted molar refractivity (Wildman–Crippen MR) is 118 cm³/mol. The molecule has 1 aliphatic carbocycles. The van der Waals surface area contributed by atoms with Crippen molar-refractivity contribution in [2.45, 2.75) is 32.0 Å². The Hall–Kier alpha value is -3.89. The molecule has 1 aliphatic rings. The van der Waals surface area contributed by atoms with E-state index in [1.807, 2.05) is 19.1 Å². The third kappa shape index (κ3) is 3.69. The number of fused-ring (bicyclic) bond motifs is 3.